The number of ether oxygens (including phenoxy) is 2. The van der Waals surface area contributed by atoms with Gasteiger partial charge in [0, 0.05) is 22.6 Å². The molecule has 2 rings (SSSR count). The van der Waals surface area contributed by atoms with E-state index in [9.17, 15) is 14.4 Å². The second-order valence-electron chi connectivity index (χ2n) is 5.94. The van der Waals surface area contributed by atoms with Crippen molar-refractivity contribution in [3.8, 4) is 5.75 Å². The molecule has 0 radical (unpaired) electrons. The summed E-state index contributed by atoms with van der Waals surface area (Å²) in [5, 5.41) is 2.75. The lowest BCUT2D eigenvalue weighted by Gasteiger charge is -2.10. The maximum atomic E-state index is 12.3. The van der Waals surface area contributed by atoms with Crippen LogP contribution >= 0.6 is 11.8 Å². The predicted molar refractivity (Wildman–Crippen MR) is 109 cm³/mol. The van der Waals surface area contributed by atoms with Gasteiger partial charge in [0.05, 0.1) is 7.11 Å². The number of thioether (sulfide) groups is 1. The smallest absolute Gasteiger partial charge is 0.342 e. The molecule has 0 saturated heterocycles. The van der Waals surface area contributed by atoms with Crippen molar-refractivity contribution in [3.05, 3.63) is 53.6 Å². The minimum atomic E-state index is -0.624. The lowest BCUT2D eigenvalue weighted by Crippen LogP contribution is -2.15. The van der Waals surface area contributed by atoms with Gasteiger partial charge < -0.3 is 14.8 Å². The van der Waals surface area contributed by atoms with E-state index >= 15 is 0 Å². The number of hydrogen-bond acceptors (Lipinski definition) is 6. The van der Waals surface area contributed by atoms with Crippen molar-refractivity contribution >= 4 is 35.1 Å². The third-order valence-electron chi connectivity index (χ3n) is 3.93. The minimum absolute atomic E-state index is 0.0723. The molecule has 28 heavy (non-hydrogen) atoms. The summed E-state index contributed by atoms with van der Waals surface area (Å²) >= 11 is 1.53. The van der Waals surface area contributed by atoms with E-state index in [1.54, 1.807) is 42.5 Å². The monoisotopic (exact) mass is 401 g/mol. The summed E-state index contributed by atoms with van der Waals surface area (Å²) in [5.74, 6) is -0.630. The van der Waals surface area contributed by atoms with Crippen LogP contribution in [0.4, 0.5) is 5.69 Å². The Hall–Kier alpha value is -2.80. The number of methoxy groups -OCH3 is 1. The van der Waals surface area contributed by atoms with E-state index in [1.165, 1.54) is 18.9 Å². The highest BCUT2D eigenvalue weighted by molar-refractivity contribution is 7.98. The van der Waals surface area contributed by atoms with E-state index in [4.69, 9.17) is 9.47 Å². The van der Waals surface area contributed by atoms with Gasteiger partial charge in [-0.25, -0.2) is 4.79 Å². The molecule has 6 nitrogen and oxygen atoms in total. The Labute approximate surface area is 168 Å². The first-order chi connectivity index (χ1) is 13.5. The second kappa shape index (κ2) is 10.5. The number of ketones is 1. The summed E-state index contributed by atoms with van der Waals surface area (Å²) in [6.45, 7) is 1.54. The number of rotatable bonds is 9. The van der Waals surface area contributed by atoms with Crippen LogP contribution in [0.3, 0.4) is 0 Å². The van der Waals surface area contributed by atoms with Crippen LogP contribution in [0.2, 0.25) is 0 Å². The quantitative estimate of drug-likeness (QED) is 0.385. The van der Waals surface area contributed by atoms with Crippen LogP contribution in [0, 0.1) is 0 Å². The fraction of sp³-hybridized carbons (Fsp3) is 0.286. The lowest BCUT2D eigenvalue weighted by atomic mass is 10.1. The molecule has 0 heterocycles. The topological polar surface area (TPSA) is 81.7 Å². The standard InChI is InChI=1S/C21H23NO5S/c1-4-5-20(24)22-15-8-6-14(7-9-15)18(23)13-27-21(25)17-11-10-16(28-3)12-19(17)26-2/h6-12H,4-5,13H2,1-3H3,(H,22,24). The Balaban J connectivity index is 1.96. The highest BCUT2D eigenvalue weighted by Crippen LogP contribution is 2.26. The van der Waals surface area contributed by atoms with Crippen molar-refractivity contribution in [1.82, 2.24) is 0 Å². The second-order valence-corrected chi connectivity index (χ2v) is 6.82. The zero-order valence-electron chi connectivity index (χ0n) is 16.1. The zero-order chi connectivity index (χ0) is 20.5. The number of nitrogens with one attached hydrogen (secondary N) is 1. The van der Waals surface area contributed by atoms with Crippen molar-refractivity contribution in [2.75, 3.05) is 25.3 Å². The molecule has 0 aromatic heterocycles. The molecular weight excluding hydrogens is 378 g/mol. The molecule has 0 aliphatic rings. The summed E-state index contributed by atoms with van der Waals surface area (Å²) < 4.78 is 10.4. The summed E-state index contributed by atoms with van der Waals surface area (Å²) in [6, 6.07) is 11.6. The molecule has 0 bridgehead atoms. The van der Waals surface area contributed by atoms with Gasteiger partial charge in [0.2, 0.25) is 5.91 Å². The molecule has 0 fully saturated rings. The van der Waals surface area contributed by atoms with Crippen LogP contribution in [0.25, 0.3) is 0 Å². The largest absolute Gasteiger partial charge is 0.496 e. The van der Waals surface area contributed by atoms with Gasteiger partial charge in [-0.15, -0.1) is 11.8 Å². The Kier molecular flexibility index (Phi) is 8.07. The Morgan fingerprint density at radius 2 is 1.79 bits per heavy atom. The first kappa shape index (κ1) is 21.5. The van der Waals surface area contributed by atoms with Crippen LogP contribution < -0.4 is 10.1 Å². The molecule has 2 aromatic carbocycles. The summed E-state index contributed by atoms with van der Waals surface area (Å²) in [4.78, 5) is 37.1. The number of Topliss-reactive ketones (excluding diaryl/α,β-unsaturated/α-hetero) is 1. The van der Waals surface area contributed by atoms with Crippen molar-refractivity contribution in [1.29, 1.82) is 0 Å². The Morgan fingerprint density at radius 3 is 2.39 bits per heavy atom. The molecule has 2 aromatic rings. The molecule has 0 unspecified atom stereocenters. The molecule has 0 atom stereocenters. The van der Waals surface area contributed by atoms with Gasteiger partial charge in [-0.2, -0.15) is 0 Å². The van der Waals surface area contributed by atoms with Gasteiger partial charge in [0.1, 0.15) is 11.3 Å². The number of anilines is 1. The fourth-order valence-corrected chi connectivity index (χ4v) is 2.88. The average molecular weight is 401 g/mol. The molecule has 148 valence electrons. The third kappa shape index (κ3) is 5.85. The van der Waals surface area contributed by atoms with Gasteiger partial charge in [0.25, 0.3) is 0 Å². The summed E-state index contributed by atoms with van der Waals surface area (Å²) in [7, 11) is 1.47. The van der Waals surface area contributed by atoms with Crippen molar-refractivity contribution in [2.45, 2.75) is 24.7 Å². The molecular formula is C21H23NO5S. The van der Waals surface area contributed by atoms with Crippen LogP contribution in [0.15, 0.2) is 47.4 Å². The highest BCUT2D eigenvalue weighted by Gasteiger charge is 2.16. The van der Waals surface area contributed by atoms with Crippen LogP contribution in [-0.4, -0.2) is 37.6 Å². The molecule has 0 aliphatic carbocycles. The zero-order valence-corrected chi connectivity index (χ0v) is 16.9. The SMILES string of the molecule is CCCC(=O)Nc1ccc(C(=O)COC(=O)c2ccc(SC)cc2OC)cc1. The van der Waals surface area contributed by atoms with E-state index in [2.05, 4.69) is 5.32 Å². The molecule has 0 spiro atoms. The number of carbonyl (C=O) groups excluding carboxylic acids is 3. The normalized spacial score (nSPS) is 10.2. The van der Waals surface area contributed by atoms with Crippen molar-refractivity contribution in [3.63, 3.8) is 0 Å². The van der Waals surface area contributed by atoms with Gasteiger partial charge in [-0.1, -0.05) is 6.92 Å². The minimum Gasteiger partial charge on any atom is -0.496 e. The number of amides is 1. The Morgan fingerprint density at radius 1 is 1.07 bits per heavy atom. The molecule has 1 N–H and O–H groups in total. The molecule has 7 heteroatoms. The summed E-state index contributed by atoms with van der Waals surface area (Å²) in [6.07, 6.45) is 3.13. The van der Waals surface area contributed by atoms with Gasteiger partial charge >= 0.3 is 5.97 Å². The van der Waals surface area contributed by atoms with E-state index < -0.39 is 5.97 Å². The van der Waals surface area contributed by atoms with Gasteiger partial charge in [-0.05, 0) is 55.1 Å². The van der Waals surface area contributed by atoms with E-state index in [0.29, 0.717) is 23.4 Å². The van der Waals surface area contributed by atoms with Crippen LogP contribution in [-0.2, 0) is 9.53 Å². The van der Waals surface area contributed by atoms with E-state index in [-0.39, 0.29) is 23.9 Å². The van der Waals surface area contributed by atoms with Crippen molar-refractivity contribution in [2.24, 2.45) is 0 Å². The number of esters is 1. The third-order valence-corrected chi connectivity index (χ3v) is 4.66. The molecule has 1 amide bonds. The maximum Gasteiger partial charge on any atom is 0.342 e. The van der Waals surface area contributed by atoms with Crippen molar-refractivity contribution < 1.29 is 23.9 Å². The first-order valence-corrected chi connectivity index (χ1v) is 10.0. The average Bonchev–Trinajstić information content (AvgIpc) is 2.71. The Bertz CT molecular complexity index is 848. The predicted octanol–water partition coefficient (Wildman–Crippen LogP) is 4.20. The van der Waals surface area contributed by atoms with Gasteiger partial charge in [0.15, 0.2) is 12.4 Å². The van der Waals surface area contributed by atoms with E-state index in [1.807, 2.05) is 13.2 Å². The summed E-state index contributed by atoms with van der Waals surface area (Å²) in [5.41, 5.74) is 1.28. The maximum absolute atomic E-state index is 12.3. The van der Waals surface area contributed by atoms with E-state index in [0.717, 1.165) is 11.3 Å². The van der Waals surface area contributed by atoms with Crippen LogP contribution in [0.5, 0.6) is 5.75 Å². The first-order valence-electron chi connectivity index (χ1n) is 8.80. The lowest BCUT2D eigenvalue weighted by molar-refractivity contribution is -0.116. The fourth-order valence-electron chi connectivity index (χ4n) is 2.45. The highest BCUT2D eigenvalue weighted by atomic mass is 32.2. The molecule has 0 aliphatic heterocycles. The van der Waals surface area contributed by atoms with Crippen LogP contribution in [0.1, 0.15) is 40.5 Å². The number of benzene rings is 2. The number of hydrogen-bond donors (Lipinski definition) is 1. The molecule has 0 saturated carbocycles. The number of carbonyl (C=O) groups is 3. The van der Waals surface area contributed by atoms with Gasteiger partial charge in [-0.3, -0.25) is 9.59 Å².